The molecule has 0 rings (SSSR count). The van der Waals surface area contributed by atoms with Gasteiger partial charge in [0.15, 0.2) is 0 Å². The minimum absolute atomic E-state index is 0.639. The van der Waals surface area contributed by atoms with Crippen LogP contribution >= 0.6 is 0 Å². The lowest BCUT2D eigenvalue weighted by Crippen LogP contribution is -2.48. The van der Waals surface area contributed by atoms with Crippen LogP contribution in [0.1, 0.15) is 53.4 Å². The van der Waals surface area contributed by atoms with Crippen molar-refractivity contribution < 1.29 is 4.74 Å². The molecule has 0 fully saturated rings. The van der Waals surface area contributed by atoms with E-state index in [0.717, 1.165) is 26.2 Å². The van der Waals surface area contributed by atoms with Gasteiger partial charge in [-0.15, -0.1) is 0 Å². The first kappa shape index (κ1) is 17.9. The molecule has 2 atom stereocenters. The molecule has 1 N–H and O–H groups in total. The fourth-order valence-electron chi connectivity index (χ4n) is 2.36. The summed E-state index contributed by atoms with van der Waals surface area (Å²) in [5.41, 5.74) is 0. The van der Waals surface area contributed by atoms with Crippen LogP contribution in [-0.2, 0) is 4.74 Å². The van der Waals surface area contributed by atoms with Crippen molar-refractivity contribution in [2.75, 3.05) is 33.4 Å². The average Bonchev–Trinajstić information content (AvgIpc) is 2.38. The number of ether oxygens (including phenoxy) is 1. The molecule has 3 heteroatoms. The zero-order chi connectivity index (χ0) is 13.8. The Morgan fingerprint density at radius 1 is 1.17 bits per heavy atom. The third kappa shape index (κ3) is 7.34. The van der Waals surface area contributed by atoms with Gasteiger partial charge in [-0.25, -0.2) is 0 Å². The van der Waals surface area contributed by atoms with Crippen molar-refractivity contribution in [1.82, 2.24) is 10.2 Å². The molecule has 0 bridgehead atoms. The SMILES string of the molecule is CCCNCC(CCC)N(CCOC)C(C)CC. The largest absolute Gasteiger partial charge is 0.383 e. The first-order valence-electron chi connectivity index (χ1n) is 7.66. The first-order valence-corrected chi connectivity index (χ1v) is 7.66. The van der Waals surface area contributed by atoms with Crippen molar-refractivity contribution in [2.24, 2.45) is 0 Å². The van der Waals surface area contributed by atoms with Gasteiger partial charge in [0.1, 0.15) is 0 Å². The number of nitrogens with zero attached hydrogens (tertiary/aromatic N) is 1. The Morgan fingerprint density at radius 3 is 2.39 bits per heavy atom. The lowest BCUT2D eigenvalue weighted by molar-refractivity contribution is 0.0830. The van der Waals surface area contributed by atoms with Gasteiger partial charge in [0, 0.05) is 32.3 Å². The molecular formula is C15H34N2O. The van der Waals surface area contributed by atoms with E-state index in [1.165, 1.54) is 25.7 Å². The van der Waals surface area contributed by atoms with E-state index in [9.17, 15) is 0 Å². The lowest BCUT2D eigenvalue weighted by atomic mass is 10.1. The van der Waals surface area contributed by atoms with Crippen molar-refractivity contribution >= 4 is 0 Å². The van der Waals surface area contributed by atoms with E-state index in [2.05, 4.69) is 37.9 Å². The lowest BCUT2D eigenvalue weighted by Gasteiger charge is -2.36. The Bertz CT molecular complexity index is 176. The number of hydrogen-bond acceptors (Lipinski definition) is 3. The molecule has 110 valence electrons. The maximum Gasteiger partial charge on any atom is 0.0589 e. The van der Waals surface area contributed by atoms with Crippen molar-refractivity contribution in [3.63, 3.8) is 0 Å². The molecule has 2 unspecified atom stereocenters. The Balaban J connectivity index is 4.40. The monoisotopic (exact) mass is 258 g/mol. The topological polar surface area (TPSA) is 24.5 Å². The summed E-state index contributed by atoms with van der Waals surface area (Å²) in [6, 6.07) is 1.28. The van der Waals surface area contributed by atoms with Gasteiger partial charge in [-0.2, -0.15) is 0 Å². The van der Waals surface area contributed by atoms with E-state index in [0.29, 0.717) is 12.1 Å². The summed E-state index contributed by atoms with van der Waals surface area (Å²) in [5, 5.41) is 3.57. The van der Waals surface area contributed by atoms with Gasteiger partial charge in [0.25, 0.3) is 0 Å². The van der Waals surface area contributed by atoms with Crippen LogP contribution in [-0.4, -0.2) is 50.3 Å². The third-order valence-electron chi connectivity index (χ3n) is 3.61. The fraction of sp³-hybridized carbons (Fsp3) is 1.00. The highest BCUT2D eigenvalue weighted by Gasteiger charge is 2.21. The van der Waals surface area contributed by atoms with E-state index < -0.39 is 0 Å². The van der Waals surface area contributed by atoms with Gasteiger partial charge in [-0.3, -0.25) is 4.90 Å². The van der Waals surface area contributed by atoms with Crippen molar-refractivity contribution in [3.8, 4) is 0 Å². The van der Waals surface area contributed by atoms with Crippen LogP contribution in [0.5, 0.6) is 0 Å². The smallest absolute Gasteiger partial charge is 0.0589 e. The quantitative estimate of drug-likeness (QED) is 0.545. The Morgan fingerprint density at radius 2 is 1.89 bits per heavy atom. The molecule has 0 aromatic carbocycles. The minimum atomic E-state index is 0.639. The van der Waals surface area contributed by atoms with E-state index in [1.807, 2.05) is 0 Å². The molecule has 18 heavy (non-hydrogen) atoms. The van der Waals surface area contributed by atoms with Crippen LogP contribution in [0.15, 0.2) is 0 Å². The van der Waals surface area contributed by atoms with E-state index in [1.54, 1.807) is 7.11 Å². The summed E-state index contributed by atoms with van der Waals surface area (Å²) in [7, 11) is 1.79. The molecule has 0 saturated carbocycles. The van der Waals surface area contributed by atoms with Gasteiger partial charge < -0.3 is 10.1 Å². The van der Waals surface area contributed by atoms with Gasteiger partial charge >= 0.3 is 0 Å². The predicted molar refractivity (Wildman–Crippen MR) is 80.2 cm³/mol. The second-order valence-electron chi connectivity index (χ2n) is 5.13. The molecule has 0 aromatic rings. The second-order valence-corrected chi connectivity index (χ2v) is 5.13. The number of methoxy groups -OCH3 is 1. The van der Waals surface area contributed by atoms with Gasteiger partial charge in [0.2, 0.25) is 0 Å². The number of rotatable bonds is 12. The third-order valence-corrected chi connectivity index (χ3v) is 3.61. The van der Waals surface area contributed by atoms with Crippen LogP contribution in [0.2, 0.25) is 0 Å². The molecule has 3 nitrogen and oxygen atoms in total. The van der Waals surface area contributed by atoms with Crippen molar-refractivity contribution in [2.45, 2.75) is 65.5 Å². The predicted octanol–water partition coefficient (Wildman–Crippen LogP) is 2.90. The van der Waals surface area contributed by atoms with Crippen LogP contribution in [0.3, 0.4) is 0 Å². The Labute approximate surface area is 114 Å². The molecule has 0 saturated heterocycles. The zero-order valence-electron chi connectivity index (χ0n) is 13.2. The first-order chi connectivity index (χ1) is 8.71. The van der Waals surface area contributed by atoms with E-state index in [4.69, 9.17) is 4.74 Å². The van der Waals surface area contributed by atoms with Gasteiger partial charge in [-0.1, -0.05) is 27.2 Å². The van der Waals surface area contributed by atoms with Crippen molar-refractivity contribution in [3.05, 3.63) is 0 Å². The second kappa shape index (κ2) is 11.9. The normalized spacial score (nSPS) is 15.0. The maximum absolute atomic E-state index is 5.26. The summed E-state index contributed by atoms with van der Waals surface area (Å²) in [4.78, 5) is 2.62. The standard InChI is InChI=1S/C15H34N2O/c1-6-9-15(13-16-10-7-2)17(11-12-18-5)14(4)8-3/h14-16H,6-13H2,1-5H3. The molecule has 0 aliphatic rings. The Hall–Kier alpha value is -0.120. The summed E-state index contributed by atoms with van der Waals surface area (Å²) in [6.45, 7) is 13.2. The molecule has 0 radical (unpaired) electrons. The van der Waals surface area contributed by atoms with Crippen LogP contribution in [0, 0.1) is 0 Å². The molecular weight excluding hydrogens is 224 g/mol. The molecule has 0 spiro atoms. The molecule has 0 amide bonds. The van der Waals surface area contributed by atoms with E-state index in [-0.39, 0.29) is 0 Å². The fourth-order valence-corrected chi connectivity index (χ4v) is 2.36. The zero-order valence-corrected chi connectivity index (χ0v) is 13.2. The maximum atomic E-state index is 5.26. The van der Waals surface area contributed by atoms with Crippen molar-refractivity contribution in [1.29, 1.82) is 0 Å². The molecule has 0 heterocycles. The Kier molecular flexibility index (Phi) is 11.9. The average molecular weight is 258 g/mol. The highest BCUT2D eigenvalue weighted by molar-refractivity contribution is 4.78. The summed E-state index contributed by atoms with van der Waals surface area (Å²) in [6.07, 6.45) is 4.93. The summed E-state index contributed by atoms with van der Waals surface area (Å²) >= 11 is 0. The van der Waals surface area contributed by atoms with Gasteiger partial charge in [-0.05, 0) is 32.7 Å². The van der Waals surface area contributed by atoms with E-state index >= 15 is 0 Å². The number of hydrogen-bond donors (Lipinski definition) is 1. The highest BCUT2D eigenvalue weighted by atomic mass is 16.5. The molecule has 0 aliphatic carbocycles. The summed E-state index contributed by atoms with van der Waals surface area (Å²) < 4.78 is 5.26. The minimum Gasteiger partial charge on any atom is -0.383 e. The number of nitrogens with one attached hydrogen (secondary N) is 1. The van der Waals surface area contributed by atoms with Crippen LogP contribution < -0.4 is 5.32 Å². The van der Waals surface area contributed by atoms with Crippen LogP contribution in [0.4, 0.5) is 0 Å². The summed E-state index contributed by atoms with van der Waals surface area (Å²) in [5.74, 6) is 0. The highest BCUT2D eigenvalue weighted by Crippen LogP contribution is 2.13. The van der Waals surface area contributed by atoms with Gasteiger partial charge in [0.05, 0.1) is 6.61 Å². The molecule has 0 aliphatic heterocycles. The molecule has 0 aromatic heterocycles. The van der Waals surface area contributed by atoms with Crippen LogP contribution in [0.25, 0.3) is 0 Å².